The predicted molar refractivity (Wildman–Crippen MR) is 92.5 cm³/mol. The first kappa shape index (κ1) is 15.5. The first-order chi connectivity index (χ1) is 10.9. The Balaban J connectivity index is 2.11. The Morgan fingerprint density at radius 2 is 1.52 bits per heavy atom. The van der Waals surface area contributed by atoms with Crippen LogP contribution in [-0.2, 0) is 16.0 Å². The maximum atomic E-state index is 12.1. The highest BCUT2D eigenvalue weighted by Gasteiger charge is 2.39. The average Bonchev–Trinajstić information content (AvgIpc) is 2.51. The molecule has 0 heterocycles. The number of carbonyl (C=O) groups is 1. The van der Waals surface area contributed by atoms with Gasteiger partial charge >= 0.3 is 5.97 Å². The highest BCUT2D eigenvalue weighted by molar-refractivity contribution is 5.87. The lowest BCUT2D eigenvalue weighted by atomic mass is 9.71. The third-order valence-electron chi connectivity index (χ3n) is 4.51. The summed E-state index contributed by atoms with van der Waals surface area (Å²) in [6.07, 6.45) is 0.924. The summed E-state index contributed by atoms with van der Waals surface area (Å²) in [5, 5.41) is 0. The second-order valence-corrected chi connectivity index (χ2v) is 6.78. The van der Waals surface area contributed by atoms with Crippen LogP contribution in [0.1, 0.15) is 48.9 Å². The van der Waals surface area contributed by atoms with E-state index in [4.69, 9.17) is 4.74 Å². The number of benzene rings is 2. The van der Waals surface area contributed by atoms with Crippen LogP contribution in [0.5, 0.6) is 0 Å². The molecule has 0 radical (unpaired) electrons. The lowest BCUT2D eigenvalue weighted by Gasteiger charge is -2.39. The summed E-state index contributed by atoms with van der Waals surface area (Å²) in [6, 6.07) is 16.8. The van der Waals surface area contributed by atoms with E-state index in [2.05, 4.69) is 55.1 Å². The Labute approximate surface area is 137 Å². The Morgan fingerprint density at radius 1 is 1.04 bits per heavy atom. The second kappa shape index (κ2) is 5.69. The number of hydrogen-bond acceptors (Lipinski definition) is 2. The summed E-state index contributed by atoms with van der Waals surface area (Å²) in [5.74, 6) is -0.317. The molecule has 0 saturated carbocycles. The minimum absolute atomic E-state index is 0.0203. The maximum Gasteiger partial charge on any atom is 0.333 e. The molecule has 0 atom stereocenters. The molecule has 0 aliphatic heterocycles. The van der Waals surface area contributed by atoms with Crippen molar-refractivity contribution in [1.29, 1.82) is 0 Å². The van der Waals surface area contributed by atoms with Gasteiger partial charge in [0.2, 0.25) is 0 Å². The van der Waals surface area contributed by atoms with E-state index in [1.807, 2.05) is 13.8 Å². The van der Waals surface area contributed by atoms with E-state index < -0.39 is 5.60 Å². The van der Waals surface area contributed by atoms with Crippen molar-refractivity contribution in [2.24, 2.45) is 0 Å². The number of hydrogen-bond donors (Lipinski definition) is 0. The molecule has 0 bridgehead atoms. The summed E-state index contributed by atoms with van der Waals surface area (Å²) in [6.45, 7) is 9.35. The zero-order valence-electron chi connectivity index (χ0n) is 13.9. The molecule has 2 nitrogen and oxygen atoms in total. The van der Waals surface area contributed by atoms with Gasteiger partial charge in [-0.15, -0.1) is 0 Å². The van der Waals surface area contributed by atoms with Crippen LogP contribution in [0.25, 0.3) is 0 Å². The van der Waals surface area contributed by atoms with Crippen molar-refractivity contribution in [3.8, 4) is 0 Å². The molecule has 0 saturated heterocycles. The minimum atomic E-state index is -0.650. The van der Waals surface area contributed by atoms with E-state index in [9.17, 15) is 4.79 Å². The Morgan fingerprint density at radius 3 is 2.00 bits per heavy atom. The van der Waals surface area contributed by atoms with Crippen molar-refractivity contribution < 1.29 is 9.53 Å². The first-order valence-electron chi connectivity index (χ1n) is 7.94. The van der Waals surface area contributed by atoms with Crippen LogP contribution >= 0.6 is 0 Å². The van der Waals surface area contributed by atoms with Crippen molar-refractivity contribution in [3.63, 3.8) is 0 Å². The molecular formula is C21H22O2. The highest BCUT2D eigenvalue weighted by Crippen LogP contribution is 2.44. The van der Waals surface area contributed by atoms with Gasteiger partial charge in [0.15, 0.2) is 0 Å². The molecule has 0 N–H and O–H groups in total. The summed E-state index contributed by atoms with van der Waals surface area (Å²) < 4.78 is 5.81. The molecule has 0 aromatic heterocycles. The van der Waals surface area contributed by atoms with Crippen LogP contribution in [0.15, 0.2) is 60.7 Å². The fourth-order valence-electron chi connectivity index (χ4n) is 3.46. The van der Waals surface area contributed by atoms with Crippen LogP contribution in [0.4, 0.5) is 0 Å². The van der Waals surface area contributed by atoms with E-state index in [-0.39, 0.29) is 11.9 Å². The SMILES string of the molecule is C=C(C)C(=O)OC(C)(C)C1c2ccccc2Cc2ccccc21. The average molecular weight is 306 g/mol. The fourth-order valence-corrected chi connectivity index (χ4v) is 3.46. The van der Waals surface area contributed by atoms with Gasteiger partial charge < -0.3 is 4.74 Å². The number of rotatable bonds is 3. The summed E-state index contributed by atoms with van der Waals surface area (Å²) >= 11 is 0. The normalized spacial score (nSPS) is 13.9. The molecule has 2 aromatic carbocycles. The number of ether oxygens (including phenoxy) is 1. The molecule has 118 valence electrons. The predicted octanol–water partition coefficient (Wildman–Crippen LogP) is 4.62. The monoisotopic (exact) mass is 306 g/mol. The van der Waals surface area contributed by atoms with E-state index in [0.29, 0.717) is 5.57 Å². The van der Waals surface area contributed by atoms with Crippen molar-refractivity contribution in [2.75, 3.05) is 0 Å². The van der Waals surface area contributed by atoms with Crippen molar-refractivity contribution in [2.45, 2.75) is 38.7 Å². The number of carbonyl (C=O) groups excluding carboxylic acids is 1. The van der Waals surface area contributed by atoms with Crippen molar-refractivity contribution >= 4 is 5.97 Å². The molecule has 1 aliphatic carbocycles. The zero-order chi connectivity index (χ0) is 16.6. The van der Waals surface area contributed by atoms with E-state index >= 15 is 0 Å². The molecule has 2 heteroatoms. The third kappa shape index (κ3) is 2.81. The lowest BCUT2D eigenvalue weighted by molar-refractivity contribution is -0.152. The van der Waals surface area contributed by atoms with Crippen molar-refractivity contribution in [1.82, 2.24) is 0 Å². The third-order valence-corrected chi connectivity index (χ3v) is 4.51. The highest BCUT2D eigenvalue weighted by atomic mass is 16.6. The largest absolute Gasteiger partial charge is 0.455 e. The fraction of sp³-hybridized carbons (Fsp3) is 0.286. The van der Waals surface area contributed by atoms with Gasteiger partial charge in [-0.1, -0.05) is 55.1 Å². The Hall–Kier alpha value is -2.35. The molecule has 2 aromatic rings. The zero-order valence-corrected chi connectivity index (χ0v) is 13.9. The standard InChI is InChI=1S/C21H22O2/c1-14(2)20(22)23-21(3,4)19-17-11-7-5-9-15(17)13-16-10-6-8-12-18(16)19/h5-12,19H,1,13H2,2-4H3. The topological polar surface area (TPSA) is 26.3 Å². The number of esters is 1. The number of fused-ring (bicyclic) bond motifs is 2. The minimum Gasteiger partial charge on any atom is -0.455 e. The van der Waals surface area contributed by atoms with Crippen molar-refractivity contribution in [3.05, 3.63) is 82.9 Å². The summed E-state index contributed by atoms with van der Waals surface area (Å²) in [5.41, 5.74) is 4.86. The molecule has 23 heavy (non-hydrogen) atoms. The van der Waals surface area contributed by atoms with Crippen LogP contribution < -0.4 is 0 Å². The van der Waals surface area contributed by atoms with Crippen LogP contribution in [0.3, 0.4) is 0 Å². The Bertz CT molecular complexity index is 725. The van der Waals surface area contributed by atoms with E-state index in [1.165, 1.54) is 22.3 Å². The molecule has 0 fully saturated rings. The van der Waals surface area contributed by atoms with E-state index in [0.717, 1.165) is 6.42 Å². The second-order valence-electron chi connectivity index (χ2n) is 6.78. The molecule has 3 rings (SSSR count). The van der Waals surface area contributed by atoms with Crippen LogP contribution in [0.2, 0.25) is 0 Å². The molecule has 0 amide bonds. The molecule has 0 unspecified atom stereocenters. The summed E-state index contributed by atoms with van der Waals surface area (Å²) in [4.78, 5) is 12.1. The van der Waals surface area contributed by atoms with Gasteiger partial charge in [0, 0.05) is 11.5 Å². The molecule has 1 aliphatic rings. The van der Waals surface area contributed by atoms with Gasteiger partial charge in [0.1, 0.15) is 5.60 Å². The lowest BCUT2D eigenvalue weighted by Crippen LogP contribution is -2.38. The van der Waals surface area contributed by atoms with E-state index in [1.54, 1.807) is 6.92 Å². The van der Waals surface area contributed by atoms with Crippen LogP contribution in [-0.4, -0.2) is 11.6 Å². The molecule has 0 spiro atoms. The molecular weight excluding hydrogens is 284 g/mol. The van der Waals surface area contributed by atoms with Gasteiger partial charge in [0.05, 0.1) is 0 Å². The van der Waals surface area contributed by atoms with Gasteiger partial charge in [-0.25, -0.2) is 4.79 Å². The Kier molecular flexibility index (Phi) is 3.85. The van der Waals surface area contributed by atoms with Gasteiger partial charge in [-0.3, -0.25) is 0 Å². The van der Waals surface area contributed by atoms with Gasteiger partial charge in [0.25, 0.3) is 0 Å². The maximum absolute atomic E-state index is 12.1. The van der Waals surface area contributed by atoms with Crippen LogP contribution in [0, 0.1) is 0 Å². The van der Waals surface area contributed by atoms with Gasteiger partial charge in [-0.05, 0) is 49.4 Å². The smallest absolute Gasteiger partial charge is 0.333 e. The quantitative estimate of drug-likeness (QED) is 0.611. The van der Waals surface area contributed by atoms with Gasteiger partial charge in [-0.2, -0.15) is 0 Å². The first-order valence-corrected chi connectivity index (χ1v) is 7.94. The summed E-state index contributed by atoms with van der Waals surface area (Å²) in [7, 11) is 0.